The topological polar surface area (TPSA) is 45.2 Å². The molecule has 164 valence electrons. The molecule has 3 aromatic heterocycles. The molecule has 0 bridgehead atoms. The fourth-order valence-electron chi connectivity index (χ4n) is 3.69. The van der Waals surface area contributed by atoms with E-state index in [0.29, 0.717) is 0 Å². The van der Waals surface area contributed by atoms with Crippen molar-refractivity contribution in [3.05, 3.63) is 90.3 Å². The average molecular weight is 418 g/mol. The minimum absolute atomic E-state index is 0.824. The maximum absolute atomic E-state index is 4.55. The van der Waals surface area contributed by atoms with Gasteiger partial charge < -0.3 is 0 Å². The highest BCUT2D eigenvalue weighted by Crippen LogP contribution is 2.10. The van der Waals surface area contributed by atoms with Crippen molar-refractivity contribution in [2.24, 2.45) is 0 Å². The van der Waals surface area contributed by atoms with Crippen LogP contribution < -0.4 is 0 Å². The Labute approximate surface area is 187 Å². The lowest BCUT2D eigenvalue weighted by Crippen LogP contribution is -2.35. The summed E-state index contributed by atoms with van der Waals surface area (Å²) in [6.45, 7) is 7.88. The van der Waals surface area contributed by atoms with E-state index < -0.39 is 0 Å². The number of nitrogens with zero attached hydrogens (tertiary/aromatic N) is 5. The molecule has 0 aliphatic carbocycles. The van der Waals surface area contributed by atoms with E-state index in [9.17, 15) is 0 Å². The molecule has 31 heavy (non-hydrogen) atoms. The summed E-state index contributed by atoms with van der Waals surface area (Å²) in [4.78, 5) is 18.6. The highest BCUT2D eigenvalue weighted by molar-refractivity contribution is 5.06. The van der Waals surface area contributed by atoms with E-state index in [1.807, 2.05) is 36.8 Å². The SMILES string of the molecule is CCCCCCN(CCN(Cc1ccccn1)Cc1ccccn1)Cc1ccccn1. The van der Waals surface area contributed by atoms with Gasteiger partial charge in [0.25, 0.3) is 0 Å². The van der Waals surface area contributed by atoms with Gasteiger partial charge in [-0.15, -0.1) is 0 Å². The molecule has 3 aromatic rings. The van der Waals surface area contributed by atoms with E-state index in [1.54, 1.807) is 0 Å². The zero-order valence-electron chi connectivity index (χ0n) is 18.7. The van der Waals surface area contributed by atoms with Crippen molar-refractivity contribution in [2.45, 2.75) is 52.2 Å². The zero-order chi connectivity index (χ0) is 21.6. The van der Waals surface area contributed by atoms with Gasteiger partial charge in [-0.05, 0) is 49.4 Å². The maximum Gasteiger partial charge on any atom is 0.0544 e. The second kappa shape index (κ2) is 13.6. The normalized spacial score (nSPS) is 11.3. The second-order valence-corrected chi connectivity index (χ2v) is 8.01. The predicted octanol–water partition coefficient (Wildman–Crippen LogP) is 4.96. The average Bonchev–Trinajstić information content (AvgIpc) is 2.82. The lowest BCUT2D eigenvalue weighted by atomic mass is 10.2. The van der Waals surface area contributed by atoms with E-state index in [1.165, 1.54) is 25.7 Å². The van der Waals surface area contributed by atoms with Crippen LogP contribution in [-0.2, 0) is 19.6 Å². The van der Waals surface area contributed by atoms with Crippen molar-refractivity contribution < 1.29 is 0 Å². The van der Waals surface area contributed by atoms with Crippen molar-refractivity contribution in [1.29, 1.82) is 0 Å². The largest absolute Gasteiger partial charge is 0.296 e. The molecule has 0 saturated heterocycles. The molecule has 0 fully saturated rings. The highest BCUT2D eigenvalue weighted by atomic mass is 15.2. The Kier molecular flexibility index (Phi) is 10.1. The molecule has 0 aliphatic heterocycles. The summed E-state index contributed by atoms with van der Waals surface area (Å²) < 4.78 is 0. The second-order valence-electron chi connectivity index (χ2n) is 8.01. The van der Waals surface area contributed by atoms with Gasteiger partial charge in [0, 0.05) is 51.3 Å². The summed E-state index contributed by atoms with van der Waals surface area (Å²) in [5, 5.41) is 0. The first-order chi connectivity index (χ1) is 15.3. The van der Waals surface area contributed by atoms with Crippen LogP contribution in [0.15, 0.2) is 73.2 Å². The van der Waals surface area contributed by atoms with Crippen LogP contribution in [0.5, 0.6) is 0 Å². The molecule has 0 N–H and O–H groups in total. The molecule has 3 rings (SSSR count). The molecule has 0 unspecified atom stereocenters. The van der Waals surface area contributed by atoms with Crippen LogP contribution >= 0.6 is 0 Å². The third kappa shape index (κ3) is 8.95. The third-order valence-electron chi connectivity index (χ3n) is 5.40. The first-order valence-electron chi connectivity index (χ1n) is 11.5. The Morgan fingerprint density at radius 3 is 1.48 bits per heavy atom. The van der Waals surface area contributed by atoms with Gasteiger partial charge in [0.2, 0.25) is 0 Å². The van der Waals surface area contributed by atoms with Crippen molar-refractivity contribution in [1.82, 2.24) is 24.8 Å². The summed E-state index contributed by atoms with van der Waals surface area (Å²) >= 11 is 0. The molecule has 0 spiro atoms. The van der Waals surface area contributed by atoms with Gasteiger partial charge in [0.05, 0.1) is 17.1 Å². The van der Waals surface area contributed by atoms with Crippen molar-refractivity contribution in [2.75, 3.05) is 19.6 Å². The van der Waals surface area contributed by atoms with E-state index in [2.05, 4.69) is 68.1 Å². The van der Waals surface area contributed by atoms with Gasteiger partial charge in [0.1, 0.15) is 0 Å². The summed E-state index contributed by atoms with van der Waals surface area (Å²) in [6.07, 6.45) is 10.7. The van der Waals surface area contributed by atoms with Crippen LogP contribution in [-0.4, -0.2) is 44.4 Å². The predicted molar refractivity (Wildman–Crippen MR) is 126 cm³/mol. The monoisotopic (exact) mass is 417 g/mol. The summed E-state index contributed by atoms with van der Waals surface area (Å²) in [7, 11) is 0. The van der Waals surface area contributed by atoms with Crippen molar-refractivity contribution in [3.63, 3.8) is 0 Å². The first kappa shape index (κ1) is 23.0. The van der Waals surface area contributed by atoms with Gasteiger partial charge in [-0.3, -0.25) is 24.8 Å². The summed E-state index contributed by atoms with van der Waals surface area (Å²) in [5.41, 5.74) is 3.33. The van der Waals surface area contributed by atoms with E-state index >= 15 is 0 Å². The van der Waals surface area contributed by atoms with E-state index in [4.69, 9.17) is 0 Å². The highest BCUT2D eigenvalue weighted by Gasteiger charge is 2.13. The molecule has 0 atom stereocenters. The fourth-order valence-corrected chi connectivity index (χ4v) is 3.69. The molecular formula is C26H35N5. The van der Waals surface area contributed by atoms with Crippen molar-refractivity contribution >= 4 is 0 Å². The van der Waals surface area contributed by atoms with Crippen LogP contribution in [0.1, 0.15) is 49.7 Å². The van der Waals surface area contributed by atoms with E-state index in [-0.39, 0.29) is 0 Å². The van der Waals surface area contributed by atoms with Crippen LogP contribution in [0.4, 0.5) is 0 Å². The number of aromatic nitrogens is 3. The van der Waals surface area contributed by atoms with Gasteiger partial charge in [-0.2, -0.15) is 0 Å². The summed E-state index contributed by atoms with van der Waals surface area (Å²) in [6, 6.07) is 18.4. The number of unbranched alkanes of at least 4 members (excludes halogenated alkanes) is 3. The molecule has 5 nitrogen and oxygen atoms in total. The maximum atomic E-state index is 4.55. The Hall–Kier alpha value is -2.63. The Bertz CT molecular complexity index is 785. The third-order valence-corrected chi connectivity index (χ3v) is 5.40. The Morgan fingerprint density at radius 1 is 0.548 bits per heavy atom. The lowest BCUT2D eigenvalue weighted by molar-refractivity contribution is 0.182. The zero-order valence-corrected chi connectivity index (χ0v) is 18.7. The van der Waals surface area contributed by atoms with Gasteiger partial charge in [0.15, 0.2) is 0 Å². The Balaban J connectivity index is 1.63. The van der Waals surface area contributed by atoms with Gasteiger partial charge in [-0.25, -0.2) is 0 Å². The number of pyridine rings is 3. The molecule has 0 aromatic carbocycles. The molecule has 5 heteroatoms. The van der Waals surface area contributed by atoms with E-state index in [0.717, 1.165) is 56.4 Å². The fraction of sp³-hybridized carbons (Fsp3) is 0.423. The quantitative estimate of drug-likeness (QED) is 0.347. The van der Waals surface area contributed by atoms with Crippen LogP contribution in [0.2, 0.25) is 0 Å². The Morgan fingerprint density at radius 2 is 1.03 bits per heavy atom. The molecule has 0 amide bonds. The number of hydrogen-bond acceptors (Lipinski definition) is 5. The minimum atomic E-state index is 0.824. The lowest BCUT2D eigenvalue weighted by Gasteiger charge is -2.27. The smallest absolute Gasteiger partial charge is 0.0544 e. The number of hydrogen-bond donors (Lipinski definition) is 0. The van der Waals surface area contributed by atoms with Gasteiger partial charge in [-0.1, -0.05) is 44.4 Å². The molecule has 0 saturated carbocycles. The van der Waals surface area contributed by atoms with Crippen LogP contribution in [0.25, 0.3) is 0 Å². The van der Waals surface area contributed by atoms with Crippen LogP contribution in [0.3, 0.4) is 0 Å². The molecular weight excluding hydrogens is 382 g/mol. The number of rotatable bonds is 14. The summed E-state index contributed by atoms with van der Waals surface area (Å²) in [5.74, 6) is 0. The first-order valence-corrected chi connectivity index (χ1v) is 11.5. The van der Waals surface area contributed by atoms with Crippen LogP contribution in [0, 0.1) is 0 Å². The molecule has 3 heterocycles. The standard InChI is InChI=1S/C26H35N5/c1-2-3-4-11-18-30(21-24-12-5-8-15-27-24)19-20-31(22-25-13-6-9-16-28-25)23-26-14-7-10-17-29-26/h5-10,12-17H,2-4,11,18-23H2,1H3. The van der Waals surface area contributed by atoms with Crippen molar-refractivity contribution in [3.8, 4) is 0 Å². The van der Waals surface area contributed by atoms with Gasteiger partial charge >= 0.3 is 0 Å². The molecule has 0 aliphatic rings. The minimum Gasteiger partial charge on any atom is -0.296 e. The molecule has 0 radical (unpaired) electrons.